The molecule has 7 heteroatoms. The number of nitrogens with two attached hydrogens (primary N) is 1. The molecule has 1 rings (SSSR count). The van der Waals surface area contributed by atoms with Crippen LogP contribution in [0.4, 0.5) is 10.5 Å². The lowest BCUT2D eigenvalue weighted by atomic mass is 10.3. The molecule has 0 saturated heterocycles. The number of hydrogen-bond donors (Lipinski definition) is 3. The van der Waals surface area contributed by atoms with Crippen molar-refractivity contribution in [1.29, 1.82) is 0 Å². The largest absolute Gasteiger partial charge is 0.398 e. The summed E-state index contributed by atoms with van der Waals surface area (Å²) in [5, 5.41) is 4.83. The lowest BCUT2D eigenvalue weighted by Gasteiger charge is -2.09. The lowest BCUT2D eigenvalue weighted by molar-refractivity contribution is -0.117. The van der Waals surface area contributed by atoms with Crippen molar-refractivity contribution in [1.82, 2.24) is 10.6 Å². The molecule has 19 heavy (non-hydrogen) atoms. The van der Waals surface area contributed by atoms with E-state index in [-0.39, 0.29) is 17.7 Å². The molecule has 0 aliphatic rings. The van der Waals surface area contributed by atoms with E-state index < -0.39 is 6.03 Å². The zero-order valence-corrected chi connectivity index (χ0v) is 13.1. The Morgan fingerprint density at radius 3 is 2.68 bits per heavy atom. The van der Waals surface area contributed by atoms with Crippen LogP contribution in [0.5, 0.6) is 0 Å². The third-order valence-corrected chi connectivity index (χ3v) is 3.59. The molecule has 4 N–H and O–H groups in total. The summed E-state index contributed by atoms with van der Waals surface area (Å²) in [7, 11) is 0. The average molecular weight is 346 g/mol. The van der Waals surface area contributed by atoms with Gasteiger partial charge in [-0.15, -0.1) is 11.8 Å². The molecule has 3 amide bonds. The monoisotopic (exact) mass is 345 g/mol. The van der Waals surface area contributed by atoms with E-state index in [0.717, 1.165) is 9.37 Å². The Hall–Kier alpha value is -1.21. The third kappa shape index (κ3) is 5.98. The van der Waals surface area contributed by atoms with Crippen molar-refractivity contribution in [3.8, 4) is 0 Å². The minimum Gasteiger partial charge on any atom is -0.398 e. The number of hydrogen-bond acceptors (Lipinski definition) is 4. The van der Waals surface area contributed by atoms with E-state index in [2.05, 4.69) is 26.6 Å². The minimum absolute atomic E-state index is 0.0115. The Morgan fingerprint density at radius 1 is 1.42 bits per heavy atom. The highest BCUT2D eigenvalue weighted by Gasteiger charge is 2.10. The van der Waals surface area contributed by atoms with Gasteiger partial charge in [0.25, 0.3) is 0 Å². The van der Waals surface area contributed by atoms with Gasteiger partial charge in [-0.2, -0.15) is 0 Å². The summed E-state index contributed by atoms with van der Waals surface area (Å²) in [6, 6.07) is 4.95. The molecular formula is C12H16BrN3O2S. The van der Waals surface area contributed by atoms with Crippen LogP contribution in [-0.2, 0) is 4.79 Å². The van der Waals surface area contributed by atoms with Crippen LogP contribution in [0.1, 0.15) is 13.8 Å². The van der Waals surface area contributed by atoms with Gasteiger partial charge in [0.15, 0.2) is 0 Å². The summed E-state index contributed by atoms with van der Waals surface area (Å²) in [4.78, 5) is 23.7. The zero-order chi connectivity index (χ0) is 14.4. The Morgan fingerprint density at radius 2 is 2.11 bits per heavy atom. The second kappa shape index (κ2) is 7.40. The number of imide groups is 1. The summed E-state index contributed by atoms with van der Waals surface area (Å²) in [5.41, 5.74) is 6.41. The van der Waals surface area contributed by atoms with Crippen LogP contribution in [0.25, 0.3) is 0 Å². The lowest BCUT2D eigenvalue weighted by Crippen LogP contribution is -2.43. The van der Waals surface area contributed by atoms with Crippen molar-refractivity contribution in [2.75, 3.05) is 11.5 Å². The van der Waals surface area contributed by atoms with Crippen molar-refractivity contribution < 1.29 is 9.59 Å². The maximum absolute atomic E-state index is 11.5. The van der Waals surface area contributed by atoms with Gasteiger partial charge in [0.1, 0.15) is 0 Å². The Kier molecular flexibility index (Phi) is 6.17. The van der Waals surface area contributed by atoms with E-state index >= 15 is 0 Å². The van der Waals surface area contributed by atoms with E-state index in [0.29, 0.717) is 5.69 Å². The first-order valence-electron chi connectivity index (χ1n) is 5.66. The van der Waals surface area contributed by atoms with Gasteiger partial charge < -0.3 is 11.1 Å². The van der Waals surface area contributed by atoms with E-state index in [9.17, 15) is 9.59 Å². The molecule has 0 radical (unpaired) electrons. The standard InChI is InChI=1S/C12H16BrN3O2S/c1-7(2)15-12(18)16-11(17)6-19-10-4-3-8(13)5-9(10)14/h3-5,7H,6,14H2,1-2H3,(H2,15,16,17,18). The molecule has 0 bridgehead atoms. The van der Waals surface area contributed by atoms with Crippen molar-refractivity contribution in [2.45, 2.75) is 24.8 Å². The second-order valence-corrected chi connectivity index (χ2v) is 6.08. The van der Waals surface area contributed by atoms with Gasteiger partial charge in [-0.3, -0.25) is 10.1 Å². The van der Waals surface area contributed by atoms with Crippen LogP contribution in [0, 0.1) is 0 Å². The van der Waals surface area contributed by atoms with Crippen molar-refractivity contribution in [2.24, 2.45) is 0 Å². The number of benzene rings is 1. The number of thioether (sulfide) groups is 1. The molecule has 1 aromatic carbocycles. The smallest absolute Gasteiger partial charge is 0.321 e. The molecule has 0 unspecified atom stereocenters. The fraction of sp³-hybridized carbons (Fsp3) is 0.333. The van der Waals surface area contributed by atoms with Crippen LogP contribution in [0.3, 0.4) is 0 Å². The SMILES string of the molecule is CC(C)NC(=O)NC(=O)CSc1ccc(Br)cc1N. The fourth-order valence-corrected chi connectivity index (χ4v) is 2.38. The number of urea groups is 1. The van der Waals surface area contributed by atoms with Crippen LogP contribution in [-0.4, -0.2) is 23.7 Å². The molecule has 0 atom stereocenters. The fourth-order valence-electron chi connectivity index (χ4n) is 1.26. The van der Waals surface area contributed by atoms with E-state index in [4.69, 9.17) is 5.73 Å². The van der Waals surface area contributed by atoms with Crippen LogP contribution >= 0.6 is 27.7 Å². The Bertz CT molecular complexity index is 480. The molecular weight excluding hydrogens is 330 g/mol. The summed E-state index contributed by atoms with van der Waals surface area (Å²) < 4.78 is 0.884. The number of carbonyl (C=O) groups is 2. The number of halogens is 1. The normalized spacial score (nSPS) is 10.3. The predicted molar refractivity (Wildman–Crippen MR) is 81.1 cm³/mol. The quantitative estimate of drug-likeness (QED) is 0.577. The summed E-state index contributed by atoms with van der Waals surface area (Å²) in [6.45, 7) is 3.64. The zero-order valence-electron chi connectivity index (χ0n) is 10.7. The number of nitrogens with one attached hydrogen (secondary N) is 2. The van der Waals surface area contributed by atoms with Gasteiger partial charge in [0, 0.05) is 21.1 Å². The first kappa shape index (κ1) is 15.8. The van der Waals surface area contributed by atoms with Crippen molar-refractivity contribution in [3.63, 3.8) is 0 Å². The van der Waals surface area contributed by atoms with Crippen molar-refractivity contribution in [3.05, 3.63) is 22.7 Å². The average Bonchev–Trinajstić information content (AvgIpc) is 2.26. The first-order valence-corrected chi connectivity index (χ1v) is 7.44. The topological polar surface area (TPSA) is 84.2 Å². The van der Waals surface area contributed by atoms with Gasteiger partial charge in [-0.25, -0.2) is 4.79 Å². The molecule has 0 heterocycles. The summed E-state index contributed by atoms with van der Waals surface area (Å²) in [5.74, 6) is -0.220. The van der Waals surface area contributed by atoms with Gasteiger partial charge >= 0.3 is 6.03 Å². The van der Waals surface area contributed by atoms with E-state index in [1.807, 2.05) is 26.0 Å². The van der Waals surface area contributed by atoms with Gasteiger partial charge in [0.05, 0.1) is 5.75 Å². The molecule has 0 aromatic heterocycles. The molecule has 0 aliphatic heterocycles. The molecule has 1 aromatic rings. The van der Waals surface area contributed by atoms with Gasteiger partial charge in [-0.05, 0) is 32.0 Å². The molecule has 0 fully saturated rings. The van der Waals surface area contributed by atoms with E-state index in [1.165, 1.54) is 11.8 Å². The number of anilines is 1. The number of rotatable bonds is 4. The van der Waals surface area contributed by atoms with Gasteiger partial charge in [-0.1, -0.05) is 15.9 Å². The van der Waals surface area contributed by atoms with Crippen LogP contribution < -0.4 is 16.4 Å². The molecule has 0 aliphatic carbocycles. The number of nitrogen functional groups attached to an aromatic ring is 1. The third-order valence-electron chi connectivity index (χ3n) is 2.00. The maximum atomic E-state index is 11.5. The molecule has 104 valence electrons. The highest BCUT2D eigenvalue weighted by molar-refractivity contribution is 9.10. The first-order chi connectivity index (χ1) is 8.88. The maximum Gasteiger partial charge on any atom is 0.321 e. The molecule has 5 nitrogen and oxygen atoms in total. The minimum atomic E-state index is -0.482. The number of carbonyl (C=O) groups excluding carboxylic acids is 2. The Labute approximate surface area is 124 Å². The van der Waals surface area contributed by atoms with Gasteiger partial charge in [0.2, 0.25) is 5.91 Å². The number of amides is 3. The summed E-state index contributed by atoms with van der Waals surface area (Å²) >= 11 is 4.60. The van der Waals surface area contributed by atoms with E-state index in [1.54, 1.807) is 6.07 Å². The van der Waals surface area contributed by atoms with Crippen LogP contribution in [0.15, 0.2) is 27.6 Å². The Balaban J connectivity index is 2.44. The predicted octanol–water partition coefficient (Wildman–Crippen LogP) is 2.36. The van der Waals surface area contributed by atoms with Crippen LogP contribution in [0.2, 0.25) is 0 Å². The molecule has 0 saturated carbocycles. The molecule has 0 spiro atoms. The highest BCUT2D eigenvalue weighted by Crippen LogP contribution is 2.27. The second-order valence-electron chi connectivity index (χ2n) is 4.15. The van der Waals surface area contributed by atoms with Crippen molar-refractivity contribution >= 4 is 45.3 Å². The summed E-state index contributed by atoms with van der Waals surface area (Å²) in [6.07, 6.45) is 0. The highest BCUT2D eigenvalue weighted by atomic mass is 79.9.